The maximum atomic E-state index is 11.8. The highest BCUT2D eigenvalue weighted by atomic mass is 35.5. The van der Waals surface area contributed by atoms with E-state index in [1.165, 1.54) is 18.2 Å². The molecule has 8 heteroatoms. The van der Waals surface area contributed by atoms with Crippen LogP contribution >= 0.6 is 23.2 Å². The van der Waals surface area contributed by atoms with Crippen LogP contribution in [-0.4, -0.2) is 13.5 Å². The average Bonchev–Trinajstić information content (AvgIpc) is 2.40. The number of phenols is 1. The molecular formula is C13H11Cl2NO4S. The van der Waals surface area contributed by atoms with Crippen molar-refractivity contribution in [2.24, 2.45) is 0 Å². The van der Waals surface area contributed by atoms with Crippen LogP contribution in [0.15, 0.2) is 42.5 Å². The lowest BCUT2D eigenvalue weighted by atomic mass is 10.2. The fourth-order valence-electron chi connectivity index (χ4n) is 1.51. The van der Waals surface area contributed by atoms with Gasteiger partial charge in [0.05, 0.1) is 0 Å². The summed E-state index contributed by atoms with van der Waals surface area (Å²) in [6.07, 6.45) is 0. The van der Waals surface area contributed by atoms with Crippen LogP contribution in [0.5, 0.6) is 11.5 Å². The first-order valence-corrected chi connectivity index (χ1v) is 7.95. The van der Waals surface area contributed by atoms with E-state index in [2.05, 4.69) is 4.72 Å². The lowest BCUT2D eigenvalue weighted by molar-refractivity contribution is 0.422. The Morgan fingerprint density at radius 3 is 2.52 bits per heavy atom. The van der Waals surface area contributed by atoms with Gasteiger partial charge in [0.15, 0.2) is 11.5 Å². The highest BCUT2D eigenvalue weighted by Crippen LogP contribution is 2.26. The normalized spacial score (nSPS) is 11.3. The number of benzene rings is 2. The summed E-state index contributed by atoms with van der Waals surface area (Å²) in [5, 5.41) is 10.3. The van der Waals surface area contributed by atoms with Gasteiger partial charge in [0, 0.05) is 16.6 Å². The smallest absolute Gasteiger partial charge is 0.383 e. The van der Waals surface area contributed by atoms with Crippen molar-refractivity contribution in [3.05, 3.63) is 58.1 Å². The van der Waals surface area contributed by atoms with Crippen LogP contribution in [0.25, 0.3) is 0 Å². The minimum absolute atomic E-state index is 0.0636. The highest BCUT2D eigenvalue weighted by molar-refractivity contribution is 7.85. The topological polar surface area (TPSA) is 75.6 Å². The van der Waals surface area contributed by atoms with E-state index in [1.807, 2.05) is 0 Å². The van der Waals surface area contributed by atoms with Crippen molar-refractivity contribution in [1.82, 2.24) is 4.72 Å². The lowest BCUT2D eigenvalue weighted by Gasteiger charge is -2.10. The largest absolute Gasteiger partial charge is 0.504 e. The number of hydrogen-bond acceptors (Lipinski definition) is 4. The van der Waals surface area contributed by atoms with E-state index in [4.69, 9.17) is 27.4 Å². The molecular weight excluding hydrogens is 337 g/mol. The molecule has 0 spiro atoms. The molecule has 0 aliphatic rings. The molecule has 0 amide bonds. The summed E-state index contributed by atoms with van der Waals surface area (Å²) in [5.41, 5.74) is 0.547. The number of aromatic hydroxyl groups is 1. The Balaban J connectivity index is 2.06. The summed E-state index contributed by atoms with van der Waals surface area (Å²) >= 11 is 11.7. The van der Waals surface area contributed by atoms with Crippen LogP contribution in [0.2, 0.25) is 10.0 Å². The number of rotatable bonds is 5. The summed E-state index contributed by atoms with van der Waals surface area (Å²) in [6, 6.07) is 10.5. The van der Waals surface area contributed by atoms with E-state index in [-0.39, 0.29) is 18.0 Å². The van der Waals surface area contributed by atoms with E-state index in [0.29, 0.717) is 15.6 Å². The van der Waals surface area contributed by atoms with Crippen molar-refractivity contribution in [2.45, 2.75) is 6.54 Å². The third-order valence-corrected chi connectivity index (χ3v) is 4.00. The van der Waals surface area contributed by atoms with Gasteiger partial charge < -0.3 is 9.29 Å². The Morgan fingerprint density at radius 2 is 1.86 bits per heavy atom. The highest BCUT2D eigenvalue weighted by Gasteiger charge is 2.15. The first kappa shape index (κ1) is 15.9. The number of para-hydroxylation sites is 2. The predicted molar refractivity (Wildman–Crippen MR) is 81.0 cm³/mol. The van der Waals surface area contributed by atoms with Crippen molar-refractivity contribution in [3.8, 4) is 11.5 Å². The molecule has 0 saturated heterocycles. The summed E-state index contributed by atoms with van der Waals surface area (Å²) < 4.78 is 30.6. The molecule has 0 fully saturated rings. The zero-order valence-corrected chi connectivity index (χ0v) is 12.9. The second kappa shape index (κ2) is 6.53. The Morgan fingerprint density at radius 1 is 1.14 bits per heavy atom. The maximum Gasteiger partial charge on any atom is 0.383 e. The van der Waals surface area contributed by atoms with Gasteiger partial charge in [-0.05, 0) is 29.8 Å². The van der Waals surface area contributed by atoms with Crippen LogP contribution in [-0.2, 0) is 16.8 Å². The Kier molecular flexibility index (Phi) is 4.95. The number of nitrogens with one attached hydrogen (secondary N) is 1. The molecule has 21 heavy (non-hydrogen) atoms. The molecule has 2 N–H and O–H groups in total. The minimum atomic E-state index is -4.08. The first-order valence-electron chi connectivity index (χ1n) is 5.78. The van der Waals surface area contributed by atoms with Crippen LogP contribution in [0, 0.1) is 0 Å². The van der Waals surface area contributed by atoms with Gasteiger partial charge >= 0.3 is 10.3 Å². The lowest BCUT2D eigenvalue weighted by Crippen LogP contribution is -2.28. The average molecular weight is 348 g/mol. The second-order valence-corrected chi connectivity index (χ2v) is 6.27. The molecule has 0 saturated carbocycles. The van der Waals surface area contributed by atoms with Crippen LogP contribution in [0.3, 0.4) is 0 Å². The summed E-state index contributed by atoms with van der Waals surface area (Å²) in [6.45, 7) is -0.0636. The zero-order chi connectivity index (χ0) is 15.5. The van der Waals surface area contributed by atoms with E-state index in [9.17, 15) is 13.5 Å². The van der Waals surface area contributed by atoms with Crippen LogP contribution in [0.4, 0.5) is 0 Å². The van der Waals surface area contributed by atoms with Crippen molar-refractivity contribution in [1.29, 1.82) is 0 Å². The number of halogens is 2. The molecule has 0 bridgehead atoms. The van der Waals surface area contributed by atoms with Crippen LogP contribution < -0.4 is 8.91 Å². The third kappa shape index (κ3) is 4.50. The molecule has 0 aromatic heterocycles. The molecule has 0 atom stereocenters. The SMILES string of the molecule is O=S(=O)(NCc1ccc(Cl)cc1Cl)Oc1ccccc1O. The fourth-order valence-corrected chi connectivity index (χ4v) is 2.75. The monoisotopic (exact) mass is 347 g/mol. The number of phenolic OH excluding ortho intramolecular Hbond substituents is 1. The third-order valence-electron chi connectivity index (χ3n) is 2.52. The molecule has 2 rings (SSSR count). The van der Waals surface area contributed by atoms with Crippen molar-refractivity contribution in [2.75, 3.05) is 0 Å². The summed E-state index contributed by atoms with van der Waals surface area (Å²) in [4.78, 5) is 0. The van der Waals surface area contributed by atoms with E-state index < -0.39 is 10.3 Å². The van der Waals surface area contributed by atoms with Gasteiger partial charge in [0.1, 0.15) is 0 Å². The van der Waals surface area contributed by atoms with Gasteiger partial charge in [-0.2, -0.15) is 13.1 Å². The first-order chi connectivity index (χ1) is 9.87. The van der Waals surface area contributed by atoms with E-state index in [0.717, 1.165) is 0 Å². The molecule has 0 aliphatic carbocycles. The van der Waals surface area contributed by atoms with E-state index in [1.54, 1.807) is 24.3 Å². The maximum absolute atomic E-state index is 11.8. The van der Waals surface area contributed by atoms with Gasteiger partial charge in [-0.3, -0.25) is 0 Å². The zero-order valence-electron chi connectivity index (χ0n) is 10.6. The van der Waals surface area contributed by atoms with Crippen molar-refractivity contribution < 1.29 is 17.7 Å². The van der Waals surface area contributed by atoms with Crippen molar-refractivity contribution in [3.63, 3.8) is 0 Å². The summed E-state index contributed by atoms with van der Waals surface area (Å²) in [5.74, 6) is -0.431. The van der Waals surface area contributed by atoms with Gasteiger partial charge in [0.25, 0.3) is 0 Å². The Bertz CT molecular complexity index is 750. The molecule has 0 heterocycles. The Hall–Kier alpha value is -1.47. The Labute approximate surface area is 132 Å². The molecule has 0 unspecified atom stereocenters. The number of hydrogen-bond donors (Lipinski definition) is 2. The molecule has 0 radical (unpaired) electrons. The predicted octanol–water partition coefficient (Wildman–Crippen LogP) is 3.11. The molecule has 2 aromatic carbocycles. The van der Waals surface area contributed by atoms with Gasteiger partial charge in [-0.1, -0.05) is 41.4 Å². The van der Waals surface area contributed by atoms with E-state index >= 15 is 0 Å². The standard InChI is InChI=1S/C13H11Cl2NO4S/c14-10-6-5-9(11(15)7-10)8-16-21(18,19)20-13-4-2-1-3-12(13)17/h1-7,16-17H,8H2. The van der Waals surface area contributed by atoms with Gasteiger partial charge in [0.2, 0.25) is 0 Å². The van der Waals surface area contributed by atoms with Crippen molar-refractivity contribution >= 4 is 33.5 Å². The molecule has 0 aliphatic heterocycles. The quantitative estimate of drug-likeness (QED) is 0.871. The second-order valence-electron chi connectivity index (χ2n) is 4.06. The molecule has 2 aromatic rings. The minimum Gasteiger partial charge on any atom is -0.504 e. The summed E-state index contributed by atoms with van der Waals surface area (Å²) in [7, 11) is -4.08. The van der Waals surface area contributed by atoms with Gasteiger partial charge in [-0.15, -0.1) is 0 Å². The molecule has 112 valence electrons. The van der Waals surface area contributed by atoms with Crippen LogP contribution in [0.1, 0.15) is 5.56 Å². The fraction of sp³-hybridized carbons (Fsp3) is 0.0769. The molecule has 5 nitrogen and oxygen atoms in total. The van der Waals surface area contributed by atoms with Gasteiger partial charge in [-0.25, -0.2) is 0 Å².